The summed E-state index contributed by atoms with van der Waals surface area (Å²) in [6.07, 6.45) is 3.69. The van der Waals surface area contributed by atoms with Crippen LogP contribution in [-0.4, -0.2) is 71.3 Å². The van der Waals surface area contributed by atoms with Crippen LogP contribution in [0, 0.1) is 6.92 Å². The van der Waals surface area contributed by atoms with Crippen LogP contribution < -0.4 is 4.90 Å². The molecule has 0 unspecified atom stereocenters. The lowest BCUT2D eigenvalue weighted by Gasteiger charge is -2.47. The molecule has 0 aliphatic carbocycles. The van der Waals surface area contributed by atoms with Crippen LogP contribution in [0.15, 0.2) is 18.2 Å². The van der Waals surface area contributed by atoms with Crippen LogP contribution in [0.1, 0.15) is 85.3 Å². The third-order valence-corrected chi connectivity index (χ3v) is 7.04. The summed E-state index contributed by atoms with van der Waals surface area (Å²) in [6, 6.07) is 6.65. The summed E-state index contributed by atoms with van der Waals surface area (Å²) in [5, 5.41) is 0. The monoisotopic (exact) mass is 501 g/mol. The van der Waals surface area contributed by atoms with E-state index in [2.05, 4.69) is 41.8 Å². The number of likely N-dealkylation sites (tertiary alicyclic amines) is 1. The van der Waals surface area contributed by atoms with Gasteiger partial charge in [0.15, 0.2) is 0 Å². The predicted octanol–water partition coefficient (Wildman–Crippen LogP) is 5.53. The molecule has 0 saturated carbocycles. The van der Waals surface area contributed by atoms with Gasteiger partial charge in [0.05, 0.1) is 6.54 Å². The van der Waals surface area contributed by atoms with Gasteiger partial charge in [0, 0.05) is 44.0 Å². The third-order valence-electron chi connectivity index (χ3n) is 7.04. The Labute approximate surface area is 218 Å². The minimum absolute atomic E-state index is 0.215. The number of rotatable bonds is 6. The highest BCUT2D eigenvalue weighted by molar-refractivity contribution is 5.72. The normalized spacial score (nSPS) is 18.5. The Hall–Kier alpha value is -2.28. The number of carbonyl (C=O) groups is 2. The van der Waals surface area contributed by atoms with Crippen LogP contribution in [0.25, 0.3) is 0 Å². The van der Waals surface area contributed by atoms with Gasteiger partial charge < -0.3 is 19.3 Å². The molecule has 7 nitrogen and oxygen atoms in total. The largest absolute Gasteiger partial charge is 0.459 e. The van der Waals surface area contributed by atoms with Gasteiger partial charge >= 0.3 is 12.1 Å². The lowest BCUT2D eigenvalue weighted by Crippen LogP contribution is -2.56. The Balaban J connectivity index is 1.82. The maximum absolute atomic E-state index is 13.0. The molecule has 36 heavy (non-hydrogen) atoms. The maximum atomic E-state index is 13.0. The van der Waals surface area contributed by atoms with Crippen LogP contribution in [0.3, 0.4) is 0 Å². The molecule has 0 N–H and O–H groups in total. The second-order valence-electron chi connectivity index (χ2n) is 12.7. The van der Waals surface area contributed by atoms with Crippen molar-refractivity contribution in [2.45, 2.75) is 104 Å². The van der Waals surface area contributed by atoms with E-state index in [-0.39, 0.29) is 24.1 Å². The summed E-state index contributed by atoms with van der Waals surface area (Å²) in [4.78, 5) is 32.2. The molecule has 2 aliphatic rings. The van der Waals surface area contributed by atoms with E-state index in [1.807, 2.05) is 41.5 Å². The van der Waals surface area contributed by atoms with Crippen molar-refractivity contribution in [3.8, 4) is 0 Å². The molecule has 2 fully saturated rings. The number of ether oxygens (including phenoxy) is 2. The zero-order valence-electron chi connectivity index (χ0n) is 23.8. The Morgan fingerprint density at radius 2 is 1.53 bits per heavy atom. The molecule has 7 heteroatoms. The molecule has 0 bridgehead atoms. The van der Waals surface area contributed by atoms with E-state index in [4.69, 9.17) is 9.47 Å². The Kier molecular flexibility index (Phi) is 8.64. The number of esters is 1. The standard InChI is InChI=1S/C29H47N3O4/c1-22-11-12-23(24(19-22)30-15-9-10-16-30)20-32(21-25(33)35-27(2,3)4)29(8)13-17-31(18-14-29)26(34)36-28(5,6)7/h11-12,19H,9-10,13-18,20-21H2,1-8H3. The molecule has 2 aliphatic heterocycles. The van der Waals surface area contributed by atoms with E-state index < -0.39 is 11.2 Å². The van der Waals surface area contributed by atoms with Gasteiger partial charge in [-0.25, -0.2) is 4.79 Å². The SMILES string of the molecule is Cc1ccc(CN(CC(=O)OC(C)(C)C)C2(C)CCN(C(=O)OC(C)(C)C)CC2)c(N2CCCC2)c1. The lowest BCUT2D eigenvalue weighted by atomic mass is 9.87. The Morgan fingerprint density at radius 3 is 2.08 bits per heavy atom. The molecule has 202 valence electrons. The van der Waals surface area contributed by atoms with Crippen LogP contribution in [-0.2, 0) is 20.8 Å². The first-order valence-electron chi connectivity index (χ1n) is 13.4. The first-order chi connectivity index (χ1) is 16.7. The topological polar surface area (TPSA) is 62.3 Å². The number of amides is 1. The summed E-state index contributed by atoms with van der Waals surface area (Å²) in [7, 11) is 0. The number of anilines is 1. The lowest BCUT2D eigenvalue weighted by molar-refractivity contribution is -0.158. The molecule has 0 atom stereocenters. The highest BCUT2D eigenvalue weighted by Crippen LogP contribution is 2.34. The molecule has 2 heterocycles. The van der Waals surface area contributed by atoms with Gasteiger partial charge in [-0.2, -0.15) is 0 Å². The molecule has 3 rings (SSSR count). The van der Waals surface area contributed by atoms with E-state index in [9.17, 15) is 9.59 Å². The van der Waals surface area contributed by atoms with Crippen LogP contribution >= 0.6 is 0 Å². The summed E-state index contributed by atoms with van der Waals surface area (Å²) in [5.74, 6) is -0.215. The smallest absolute Gasteiger partial charge is 0.410 e. The van der Waals surface area contributed by atoms with Crippen molar-refractivity contribution in [1.29, 1.82) is 0 Å². The summed E-state index contributed by atoms with van der Waals surface area (Å²) in [6.45, 7) is 20.0. The molecule has 0 radical (unpaired) electrons. The number of hydrogen-bond donors (Lipinski definition) is 0. The van der Waals surface area contributed by atoms with Gasteiger partial charge in [-0.1, -0.05) is 12.1 Å². The average molecular weight is 502 g/mol. The third kappa shape index (κ3) is 7.86. The number of aryl methyl sites for hydroxylation is 1. The minimum Gasteiger partial charge on any atom is -0.459 e. The number of piperidine rings is 1. The highest BCUT2D eigenvalue weighted by Gasteiger charge is 2.39. The number of hydrogen-bond acceptors (Lipinski definition) is 6. The van der Waals surface area contributed by atoms with Gasteiger partial charge in [0.2, 0.25) is 0 Å². The second-order valence-corrected chi connectivity index (χ2v) is 12.7. The second kappa shape index (κ2) is 11.0. The first kappa shape index (κ1) is 28.3. The average Bonchev–Trinajstić information content (AvgIpc) is 3.27. The highest BCUT2D eigenvalue weighted by atomic mass is 16.6. The number of carbonyl (C=O) groups excluding carboxylic acids is 2. The van der Waals surface area contributed by atoms with Crippen LogP contribution in [0.5, 0.6) is 0 Å². The molecule has 1 aromatic rings. The quantitative estimate of drug-likeness (QED) is 0.478. The van der Waals surface area contributed by atoms with Crippen molar-refractivity contribution in [2.24, 2.45) is 0 Å². The van der Waals surface area contributed by atoms with Crippen molar-refractivity contribution < 1.29 is 19.1 Å². The Bertz CT molecular complexity index is 917. The van der Waals surface area contributed by atoms with Crippen molar-refractivity contribution in [3.63, 3.8) is 0 Å². The van der Waals surface area contributed by atoms with Crippen molar-refractivity contribution in [2.75, 3.05) is 37.6 Å². The van der Waals surface area contributed by atoms with E-state index in [1.54, 1.807) is 4.90 Å². The number of benzene rings is 1. The van der Waals surface area contributed by atoms with E-state index in [0.717, 1.165) is 25.9 Å². The summed E-state index contributed by atoms with van der Waals surface area (Å²) < 4.78 is 11.3. The van der Waals surface area contributed by atoms with E-state index >= 15 is 0 Å². The molecule has 2 saturated heterocycles. The van der Waals surface area contributed by atoms with Crippen molar-refractivity contribution >= 4 is 17.7 Å². The van der Waals surface area contributed by atoms with E-state index in [1.165, 1.54) is 29.7 Å². The van der Waals surface area contributed by atoms with Crippen LogP contribution in [0.2, 0.25) is 0 Å². The zero-order chi connectivity index (χ0) is 26.7. The van der Waals surface area contributed by atoms with E-state index in [0.29, 0.717) is 19.6 Å². The zero-order valence-corrected chi connectivity index (χ0v) is 23.8. The fraction of sp³-hybridized carbons (Fsp3) is 0.724. The molecule has 1 aromatic carbocycles. The van der Waals surface area contributed by atoms with Crippen molar-refractivity contribution in [3.05, 3.63) is 29.3 Å². The van der Waals surface area contributed by atoms with Gasteiger partial charge in [-0.15, -0.1) is 0 Å². The molecular weight excluding hydrogens is 454 g/mol. The van der Waals surface area contributed by atoms with Crippen molar-refractivity contribution in [1.82, 2.24) is 9.80 Å². The molecular formula is C29H47N3O4. The molecule has 1 amide bonds. The molecule has 0 aromatic heterocycles. The van der Waals surface area contributed by atoms with Gasteiger partial charge in [0.25, 0.3) is 0 Å². The van der Waals surface area contributed by atoms with Crippen LogP contribution in [0.4, 0.5) is 10.5 Å². The minimum atomic E-state index is -0.533. The van der Waals surface area contributed by atoms with Gasteiger partial charge in [-0.3, -0.25) is 9.69 Å². The number of nitrogens with zero attached hydrogens (tertiary/aromatic N) is 3. The fourth-order valence-electron chi connectivity index (χ4n) is 5.05. The van der Waals surface area contributed by atoms with Gasteiger partial charge in [-0.05, 0) is 98.3 Å². The summed E-state index contributed by atoms with van der Waals surface area (Å²) in [5.41, 5.74) is 2.46. The summed E-state index contributed by atoms with van der Waals surface area (Å²) >= 11 is 0. The maximum Gasteiger partial charge on any atom is 0.410 e. The molecule has 0 spiro atoms. The fourth-order valence-corrected chi connectivity index (χ4v) is 5.05. The first-order valence-corrected chi connectivity index (χ1v) is 13.4. The predicted molar refractivity (Wildman–Crippen MR) is 144 cm³/mol. The Morgan fingerprint density at radius 1 is 0.944 bits per heavy atom. The van der Waals surface area contributed by atoms with Gasteiger partial charge in [0.1, 0.15) is 11.2 Å².